The number of nitrogens with zero attached hydrogens (tertiary/aromatic N) is 1. The maximum absolute atomic E-state index is 13.5. The molecule has 0 aliphatic carbocycles. The third-order valence-electron chi connectivity index (χ3n) is 4.23. The van der Waals surface area contributed by atoms with Crippen LogP contribution in [-0.4, -0.2) is 18.0 Å². The maximum atomic E-state index is 13.5. The minimum atomic E-state index is -0.160. The highest BCUT2D eigenvalue weighted by Gasteiger charge is 2.20. The fourth-order valence-electron chi connectivity index (χ4n) is 2.92. The number of benzene rings is 1. The monoisotopic (exact) mass is 327 g/mol. The van der Waals surface area contributed by atoms with Crippen LogP contribution in [0.5, 0.6) is 0 Å². The van der Waals surface area contributed by atoms with Gasteiger partial charge in [-0.15, -0.1) is 0 Å². The van der Waals surface area contributed by atoms with Crippen molar-refractivity contribution >= 4 is 15.9 Å². The Morgan fingerprint density at radius 1 is 1.32 bits per heavy atom. The van der Waals surface area contributed by atoms with Gasteiger partial charge in [-0.1, -0.05) is 26.0 Å². The van der Waals surface area contributed by atoms with E-state index in [9.17, 15) is 4.39 Å². The standard InChI is InChI=1S/C16H23BrFN/c1-12(2)13-6-4-9-19(10-8-13)11-14-5-3-7-15(18)16(14)17/h3,5,7,12-13H,4,6,8-11H2,1-2H3. The first-order chi connectivity index (χ1) is 9.08. The molecule has 0 N–H and O–H groups in total. The molecule has 106 valence electrons. The molecule has 1 heterocycles. The molecule has 0 spiro atoms. The summed E-state index contributed by atoms with van der Waals surface area (Å²) in [5.74, 6) is 1.47. The summed E-state index contributed by atoms with van der Waals surface area (Å²) in [6, 6.07) is 5.31. The van der Waals surface area contributed by atoms with Gasteiger partial charge in [0, 0.05) is 6.54 Å². The van der Waals surface area contributed by atoms with Crippen molar-refractivity contribution in [2.75, 3.05) is 13.1 Å². The van der Waals surface area contributed by atoms with E-state index >= 15 is 0 Å². The van der Waals surface area contributed by atoms with E-state index in [1.807, 2.05) is 6.07 Å². The van der Waals surface area contributed by atoms with Crippen LogP contribution in [0.3, 0.4) is 0 Å². The molecule has 1 aliphatic heterocycles. The van der Waals surface area contributed by atoms with E-state index in [0.717, 1.165) is 37.0 Å². The zero-order valence-electron chi connectivity index (χ0n) is 11.8. The molecule has 19 heavy (non-hydrogen) atoms. The predicted octanol–water partition coefficient (Wildman–Crippen LogP) is 4.85. The molecule has 0 radical (unpaired) electrons. The number of hydrogen-bond donors (Lipinski definition) is 0. The minimum absolute atomic E-state index is 0.160. The Labute approximate surface area is 124 Å². The van der Waals surface area contributed by atoms with E-state index in [1.165, 1.54) is 25.3 Å². The fourth-order valence-corrected chi connectivity index (χ4v) is 3.31. The summed E-state index contributed by atoms with van der Waals surface area (Å²) in [6.45, 7) is 7.76. The van der Waals surface area contributed by atoms with Crippen LogP contribution >= 0.6 is 15.9 Å². The Morgan fingerprint density at radius 2 is 2.11 bits per heavy atom. The molecule has 1 fully saturated rings. The van der Waals surface area contributed by atoms with Gasteiger partial charge in [0.15, 0.2) is 0 Å². The summed E-state index contributed by atoms with van der Waals surface area (Å²) in [4.78, 5) is 2.46. The number of hydrogen-bond acceptors (Lipinski definition) is 1. The number of rotatable bonds is 3. The minimum Gasteiger partial charge on any atom is -0.299 e. The molecule has 1 aromatic rings. The molecule has 3 heteroatoms. The van der Waals surface area contributed by atoms with Gasteiger partial charge in [0.25, 0.3) is 0 Å². The van der Waals surface area contributed by atoms with E-state index in [-0.39, 0.29) is 5.82 Å². The van der Waals surface area contributed by atoms with Crippen molar-refractivity contribution in [1.82, 2.24) is 4.90 Å². The van der Waals surface area contributed by atoms with Gasteiger partial charge in [-0.2, -0.15) is 0 Å². The highest BCUT2D eigenvalue weighted by atomic mass is 79.9. The quantitative estimate of drug-likeness (QED) is 0.767. The molecular formula is C16H23BrFN. The van der Waals surface area contributed by atoms with Crippen molar-refractivity contribution < 1.29 is 4.39 Å². The molecule has 0 bridgehead atoms. The highest BCUT2D eigenvalue weighted by Crippen LogP contribution is 2.27. The molecule has 0 aromatic heterocycles. The van der Waals surface area contributed by atoms with Gasteiger partial charge in [0.05, 0.1) is 4.47 Å². The van der Waals surface area contributed by atoms with Gasteiger partial charge < -0.3 is 0 Å². The SMILES string of the molecule is CC(C)C1CCCN(Cc2cccc(F)c2Br)CC1. The molecule has 2 rings (SSSR count). The lowest BCUT2D eigenvalue weighted by molar-refractivity contribution is 0.264. The maximum Gasteiger partial charge on any atom is 0.137 e. The Hall–Kier alpha value is -0.410. The van der Waals surface area contributed by atoms with Crippen molar-refractivity contribution in [2.24, 2.45) is 11.8 Å². The molecule has 0 amide bonds. The second-order valence-corrected chi connectivity index (χ2v) is 6.72. The normalized spacial score (nSPS) is 21.6. The van der Waals surface area contributed by atoms with E-state index in [0.29, 0.717) is 4.47 Å². The Balaban J connectivity index is 1.98. The van der Waals surface area contributed by atoms with Crippen LogP contribution in [0.4, 0.5) is 4.39 Å². The lowest BCUT2D eigenvalue weighted by atomic mass is 9.89. The summed E-state index contributed by atoms with van der Waals surface area (Å²) in [6.07, 6.45) is 3.86. The summed E-state index contributed by atoms with van der Waals surface area (Å²) < 4.78 is 14.1. The highest BCUT2D eigenvalue weighted by molar-refractivity contribution is 9.10. The van der Waals surface area contributed by atoms with Crippen LogP contribution in [0.1, 0.15) is 38.7 Å². The molecule has 1 aromatic carbocycles. The van der Waals surface area contributed by atoms with Gasteiger partial charge in [0.1, 0.15) is 5.82 Å². The van der Waals surface area contributed by atoms with E-state index in [1.54, 1.807) is 6.07 Å². The molecule has 1 nitrogen and oxygen atoms in total. The van der Waals surface area contributed by atoms with Crippen molar-refractivity contribution in [3.05, 3.63) is 34.1 Å². The molecular weight excluding hydrogens is 305 g/mol. The zero-order valence-corrected chi connectivity index (χ0v) is 13.4. The first-order valence-electron chi connectivity index (χ1n) is 7.23. The van der Waals surface area contributed by atoms with Crippen molar-refractivity contribution in [3.63, 3.8) is 0 Å². The van der Waals surface area contributed by atoms with Crippen LogP contribution < -0.4 is 0 Å². The first-order valence-corrected chi connectivity index (χ1v) is 8.02. The average molecular weight is 328 g/mol. The van der Waals surface area contributed by atoms with Gasteiger partial charge >= 0.3 is 0 Å². The number of likely N-dealkylation sites (tertiary alicyclic amines) is 1. The lowest BCUT2D eigenvalue weighted by Crippen LogP contribution is -2.24. The lowest BCUT2D eigenvalue weighted by Gasteiger charge is -2.22. The van der Waals surface area contributed by atoms with Crippen LogP contribution in [0.2, 0.25) is 0 Å². The second-order valence-electron chi connectivity index (χ2n) is 5.92. The van der Waals surface area contributed by atoms with Gasteiger partial charge in [-0.05, 0) is 71.7 Å². The molecule has 1 aliphatic rings. The van der Waals surface area contributed by atoms with Crippen LogP contribution in [0, 0.1) is 17.7 Å². The third-order valence-corrected chi connectivity index (χ3v) is 5.12. The van der Waals surface area contributed by atoms with Crippen molar-refractivity contribution in [2.45, 2.75) is 39.7 Å². The van der Waals surface area contributed by atoms with Crippen molar-refractivity contribution in [3.8, 4) is 0 Å². The van der Waals surface area contributed by atoms with Crippen molar-refractivity contribution in [1.29, 1.82) is 0 Å². The van der Waals surface area contributed by atoms with E-state index in [4.69, 9.17) is 0 Å². The van der Waals surface area contributed by atoms with Crippen LogP contribution in [0.25, 0.3) is 0 Å². The zero-order chi connectivity index (χ0) is 13.8. The van der Waals surface area contributed by atoms with Crippen LogP contribution in [0.15, 0.2) is 22.7 Å². The summed E-state index contributed by atoms with van der Waals surface area (Å²) >= 11 is 3.36. The number of halogens is 2. The molecule has 0 saturated carbocycles. The van der Waals surface area contributed by atoms with E-state index in [2.05, 4.69) is 34.7 Å². The molecule has 1 unspecified atom stereocenters. The summed E-state index contributed by atoms with van der Waals surface area (Å²) in [5, 5.41) is 0. The first kappa shape index (κ1) is 15.0. The summed E-state index contributed by atoms with van der Waals surface area (Å²) in [5.41, 5.74) is 1.06. The average Bonchev–Trinajstić information content (AvgIpc) is 2.60. The molecule has 1 saturated heterocycles. The van der Waals surface area contributed by atoms with Gasteiger partial charge in [0.2, 0.25) is 0 Å². The summed E-state index contributed by atoms with van der Waals surface area (Å²) in [7, 11) is 0. The van der Waals surface area contributed by atoms with Gasteiger partial charge in [-0.25, -0.2) is 4.39 Å². The Bertz CT molecular complexity index is 419. The van der Waals surface area contributed by atoms with Gasteiger partial charge in [-0.3, -0.25) is 4.90 Å². The Kier molecular flexibility index (Phi) is 5.40. The molecule has 1 atom stereocenters. The predicted molar refractivity (Wildman–Crippen MR) is 81.6 cm³/mol. The fraction of sp³-hybridized carbons (Fsp3) is 0.625. The van der Waals surface area contributed by atoms with Crippen LogP contribution in [-0.2, 0) is 6.54 Å². The Morgan fingerprint density at radius 3 is 2.84 bits per heavy atom. The third kappa shape index (κ3) is 4.03. The largest absolute Gasteiger partial charge is 0.299 e. The topological polar surface area (TPSA) is 3.24 Å². The van der Waals surface area contributed by atoms with E-state index < -0.39 is 0 Å². The second kappa shape index (κ2) is 6.85. The smallest absolute Gasteiger partial charge is 0.137 e.